The molecule has 2 aromatic rings. The zero-order valence-corrected chi connectivity index (χ0v) is 18.4. The Kier molecular flexibility index (Phi) is 5.56. The lowest BCUT2D eigenvalue weighted by molar-refractivity contribution is 0.0754. The Labute approximate surface area is 176 Å². The van der Waals surface area contributed by atoms with Crippen LogP contribution in [0.1, 0.15) is 28.2 Å². The molecular weight excluding hydrogens is 406 g/mol. The summed E-state index contributed by atoms with van der Waals surface area (Å²) in [6.45, 7) is 3.42. The van der Waals surface area contributed by atoms with E-state index >= 15 is 0 Å². The minimum Gasteiger partial charge on any atom is -0.497 e. The molecule has 1 aromatic carbocycles. The molecule has 3 heterocycles. The number of methoxy groups -OCH3 is 1. The molecule has 0 saturated carbocycles. The van der Waals surface area contributed by atoms with Gasteiger partial charge in [-0.2, -0.15) is 9.40 Å². The Morgan fingerprint density at radius 1 is 1.10 bits per heavy atom. The van der Waals surface area contributed by atoms with Gasteiger partial charge >= 0.3 is 0 Å². The Hall–Kier alpha value is -2.43. The van der Waals surface area contributed by atoms with Crippen LogP contribution in [0.15, 0.2) is 29.2 Å². The standard InChI is InChI=1S/C20H27N5O4S/c1-22-8-5-9-24(11-10-22)20(26)19-17-13-25(14-18(17)23(2)21-19)30(27,28)16-7-4-6-15(12-16)29-3/h4,6-7,12H,5,8-11,13-14H2,1-3H3. The SMILES string of the molecule is COc1cccc(S(=O)(=O)N2Cc3c(C(=O)N4CCCN(C)CC4)nn(C)c3C2)c1. The summed E-state index contributed by atoms with van der Waals surface area (Å²) in [7, 11) is 1.58. The Balaban J connectivity index is 1.59. The van der Waals surface area contributed by atoms with Crippen molar-refractivity contribution in [2.45, 2.75) is 24.4 Å². The number of nitrogens with zero attached hydrogens (tertiary/aromatic N) is 5. The van der Waals surface area contributed by atoms with Gasteiger partial charge in [-0.05, 0) is 32.1 Å². The molecular formula is C20H27N5O4S. The number of fused-ring (bicyclic) bond motifs is 1. The van der Waals surface area contributed by atoms with Crippen LogP contribution in [0.3, 0.4) is 0 Å². The van der Waals surface area contributed by atoms with Crippen molar-refractivity contribution in [3.63, 3.8) is 0 Å². The zero-order chi connectivity index (χ0) is 21.5. The molecule has 0 aliphatic carbocycles. The maximum atomic E-state index is 13.2. The van der Waals surface area contributed by atoms with E-state index in [2.05, 4.69) is 10.00 Å². The Morgan fingerprint density at radius 2 is 1.90 bits per heavy atom. The molecule has 1 saturated heterocycles. The number of sulfonamides is 1. The fourth-order valence-electron chi connectivity index (χ4n) is 4.02. The van der Waals surface area contributed by atoms with E-state index in [-0.39, 0.29) is 23.9 Å². The van der Waals surface area contributed by atoms with E-state index in [0.717, 1.165) is 25.2 Å². The lowest BCUT2D eigenvalue weighted by Gasteiger charge is -2.20. The van der Waals surface area contributed by atoms with Crippen LogP contribution in [0.25, 0.3) is 0 Å². The van der Waals surface area contributed by atoms with Crippen LogP contribution in [0.2, 0.25) is 0 Å². The molecule has 0 atom stereocenters. The number of benzene rings is 1. The van der Waals surface area contributed by atoms with Gasteiger partial charge in [0.05, 0.1) is 24.2 Å². The highest BCUT2D eigenvalue weighted by atomic mass is 32.2. The molecule has 1 fully saturated rings. The van der Waals surface area contributed by atoms with E-state index in [1.807, 2.05) is 11.9 Å². The van der Waals surface area contributed by atoms with Crippen molar-refractivity contribution in [2.24, 2.45) is 7.05 Å². The fourth-order valence-corrected chi connectivity index (χ4v) is 5.42. The first-order valence-corrected chi connectivity index (χ1v) is 11.4. The molecule has 1 aromatic heterocycles. The van der Waals surface area contributed by atoms with Gasteiger partial charge < -0.3 is 14.5 Å². The third kappa shape index (κ3) is 3.70. The first-order chi connectivity index (χ1) is 14.3. The van der Waals surface area contributed by atoms with Crippen LogP contribution >= 0.6 is 0 Å². The van der Waals surface area contributed by atoms with E-state index in [0.29, 0.717) is 30.1 Å². The summed E-state index contributed by atoms with van der Waals surface area (Å²) in [4.78, 5) is 17.4. The second-order valence-corrected chi connectivity index (χ2v) is 9.74. The second-order valence-electron chi connectivity index (χ2n) is 7.80. The van der Waals surface area contributed by atoms with Crippen LogP contribution in [0, 0.1) is 0 Å². The van der Waals surface area contributed by atoms with Crippen LogP contribution in [-0.2, 0) is 30.2 Å². The normalized spacial score (nSPS) is 18.3. The lowest BCUT2D eigenvalue weighted by Crippen LogP contribution is -2.35. The lowest BCUT2D eigenvalue weighted by atomic mass is 10.2. The van der Waals surface area contributed by atoms with Crippen molar-refractivity contribution in [2.75, 3.05) is 40.3 Å². The molecule has 0 bridgehead atoms. The third-order valence-corrected chi connectivity index (χ3v) is 7.61. The summed E-state index contributed by atoms with van der Waals surface area (Å²) in [5, 5.41) is 4.44. The summed E-state index contributed by atoms with van der Waals surface area (Å²) >= 11 is 0. The van der Waals surface area contributed by atoms with Crippen molar-refractivity contribution >= 4 is 15.9 Å². The molecule has 1 amide bonds. The minimum atomic E-state index is -3.73. The first-order valence-electron chi connectivity index (χ1n) is 9.98. The van der Waals surface area contributed by atoms with Crippen LogP contribution < -0.4 is 4.74 Å². The molecule has 0 spiro atoms. The number of carbonyl (C=O) groups excluding carboxylic acids is 1. The van der Waals surface area contributed by atoms with Gasteiger partial charge in [0.15, 0.2) is 5.69 Å². The summed E-state index contributed by atoms with van der Waals surface area (Å²) in [5.41, 5.74) is 1.82. The molecule has 10 heteroatoms. The number of hydrogen-bond donors (Lipinski definition) is 0. The van der Waals surface area contributed by atoms with Gasteiger partial charge in [-0.15, -0.1) is 0 Å². The van der Waals surface area contributed by atoms with Crippen LogP contribution in [0.5, 0.6) is 5.75 Å². The van der Waals surface area contributed by atoms with Crippen molar-refractivity contribution in [1.82, 2.24) is 23.9 Å². The highest BCUT2D eigenvalue weighted by molar-refractivity contribution is 7.89. The molecule has 0 unspecified atom stereocenters. The number of likely N-dealkylation sites (N-methyl/N-ethyl adjacent to an activating group) is 1. The van der Waals surface area contributed by atoms with Crippen molar-refractivity contribution in [3.05, 3.63) is 41.2 Å². The van der Waals surface area contributed by atoms with E-state index in [4.69, 9.17) is 4.74 Å². The predicted octanol–water partition coefficient (Wildman–Crippen LogP) is 0.911. The average Bonchev–Trinajstić information content (AvgIpc) is 3.23. The number of aromatic nitrogens is 2. The van der Waals surface area contributed by atoms with Gasteiger partial charge in [0.2, 0.25) is 10.0 Å². The van der Waals surface area contributed by atoms with Gasteiger partial charge in [-0.3, -0.25) is 9.48 Å². The van der Waals surface area contributed by atoms with E-state index in [1.165, 1.54) is 17.5 Å². The number of hydrogen-bond acceptors (Lipinski definition) is 6. The third-order valence-electron chi connectivity index (χ3n) is 5.82. The summed E-state index contributed by atoms with van der Waals surface area (Å²) < 4.78 is 34.6. The van der Waals surface area contributed by atoms with Crippen molar-refractivity contribution in [3.8, 4) is 5.75 Å². The topological polar surface area (TPSA) is 88.0 Å². The molecule has 0 N–H and O–H groups in total. The van der Waals surface area contributed by atoms with Gasteiger partial charge in [0.25, 0.3) is 5.91 Å². The highest BCUT2D eigenvalue weighted by Gasteiger charge is 2.37. The maximum Gasteiger partial charge on any atom is 0.274 e. The first kappa shape index (κ1) is 20.8. The highest BCUT2D eigenvalue weighted by Crippen LogP contribution is 2.32. The van der Waals surface area contributed by atoms with E-state index < -0.39 is 10.0 Å². The van der Waals surface area contributed by atoms with Crippen LogP contribution in [-0.4, -0.2) is 78.5 Å². The number of rotatable bonds is 4. The smallest absolute Gasteiger partial charge is 0.274 e. The van der Waals surface area contributed by atoms with Crippen molar-refractivity contribution in [1.29, 1.82) is 0 Å². The monoisotopic (exact) mass is 433 g/mol. The van der Waals surface area contributed by atoms with E-state index in [9.17, 15) is 13.2 Å². The minimum absolute atomic E-state index is 0.122. The summed E-state index contributed by atoms with van der Waals surface area (Å²) in [6, 6.07) is 6.42. The molecule has 2 aliphatic rings. The van der Waals surface area contributed by atoms with Gasteiger partial charge in [0, 0.05) is 44.9 Å². The molecule has 2 aliphatic heterocycles. The molecule has 0 radical (unpaired) electrons. The summed E-state index contributed by atoms with van der Waals surface area (Å²) in [5.74, 6) is 0.360. The quantitative estimate of drug-likeness (QED) is 0.712. The molecule has 9 nitrogen and oxygen atoms in total. The maximum absolute atomic E-state index is 13.2. The Morgan fingerprint density at radius 3 is 2.67 bits per heavy atom. The number of carbonyl (C=O) groups is 1. The number of aryl methyl sites for hydroxylation is 1. The largest absolute Gasteiger partial charge is 0.497 e. The second kappa shape index (κ2) is 8.01. The van der Waals surface area contributed by atoms with Gasteiger partial charge in [0.1, 0.15) is 5.75 Å². The Bertz CT molecular complexity index is 1070. The predicted molar refractivity (Wildman–Crippen MR) is 111 cm³/mol. The van der Waals surface area contributed by atoms with Crippen molar-refractivity contribution < 1.29 is 17.9 Å². The van der Waals surface area contributed by atoms with Gasteiger partial charge in [-0.1, -0.05) is 6.07 Å². The van der Waals surface area contributed by atoms with Gasteiger partial charge in [-0.25, -0.2) is 8.42 Å². The fraction of sp³-hybridized carbons (Fsp3) is 0.500. The molecule has 162 valence electrons. The average molecular weight is 434 g/mol. The van der Waals surface area contributed by atoms with Crippen LogP contribution in [0.4, 0.5) is 0 Å². The zero-order valence-electron chi connectivity index (χ0n) is 17.5. The molecule has 4 rings (SSSR count). The number of ether oxygens (including phenoxy) is 1. The number of amides is 1. The van der Waals surface area contributed by atoms with E-state index in [1.54, 1.807) is 29.9 Å². The summed E-state index contributed by atoms with van der Waals surface area (Å²) in [6.07, 6.45) is 0.910. The molecule has 30 heavy (non-hydrogen) atoms.